The normalized spacial score (nSPS) is 9.92. The highest BCUT2D eigenvalue weighted by atomic mass is 35.5. The molecule has 0 aliphatic rings. The average Bonchev–Trinajstić information content (AvgIpc) is 2.48. The minimum Gasteiger partial charge on any atom is -0.341 e. The highest BCUT2D eigenvalue weighted by molar-refractivity contribution is 7.12. The molecule has 0 unspecified atom stereocenters. The number of nitrogens with zero attached hydrogens (tertiary/aromatic N) is 1. The summed E-state index contributed by atoms with van der Waals surface area (Å²) in [5.74, 6) is -0.00231. The van der Waals surface area contributed by atoms with Crippen LogP contribution < -0.4 is 0 Å². The summed E-state index contributed by atoms with van der Waals surface area (Å²) >= 11 is 7.18. The Morgan fingerprint density at radius 1 is 1.75 bits per heavy atom. The van der Waals surface area contributed by atoms with Gasteiger partial charge in [0.15, 0.2) is 0 Å². The van der Waals surface area contributed by atoms with E-state index in [1.807, 2.05) is 12.3 Å². The molecule has 1 aromatic rings. The van der Waals surface area contributed by atoms with Crippen molar-refractivity contribution < 1.29 is 4.79 Å². The molecule has 0 atom stereocenters. The van der Waals surface area contributed by atoms with Crippen molar-refractivity contribution in [2.75, 3.05) is 13.6 Å². The predicted octanol–water partition coefficient (Wildman–Crippen LogP) is 2.49. The second-order valence-electron chi connectivity index (χ2n) is 2.42. The number of hydrogen-bond donors (Lipinski definition) is 0. The minimum absolute atomic E-state index is 0.00231. The van der Waals surface area contributed by atoms with E-state index in [9.17, 15) is 4.79 Å². The van der Waals surface area contributed by atoms with Gasteiger partial charge in [-0.25, -0.2) is 0 Å². The second-order valence-corrected chi connectivity index (χ2v) is 3.74. The second kappa shape index (κ2) is 3.92. The summed E-state index contributed by atoms with van der Waals surface area (Å²) in [6, 6.07) is 1.74. The molecule has 0 aliphatic heterocycles. The van der Waals surface area contributed by atoms with Gasteiger partial charge in [0.05, 0.1) is 5.02 Å². The van der Waals surface area contributed by atoms with Crippen LogP contribution >= 0.6 is 22.9 Å². The van der Waals surface area contributed by atoms with Gasteiger partial charge < -0.3 is 4.90 Å². The van der Waals surface area contributed by atoms with Gasteiger partial charge >= 0.3 is 0 Å². The molecule has 0 spiro atoms. The van der Waals surface area contributed by atoms with Crippen LogP contribution in [0.2, 0.25) is 5.02 Å². The Balaban J connectivity index is 2.85. The van der Waals surface area contributed by atoms with Gasteiger partial charge in [0.25, 0.3) is 5.91 Å². The SMILES string of the molecule is CCN(C)C(=O)c1sccc1Cl. The Morgan fingerprint density at radius 2 is 2.42 bits per heavy atom. The van der Waals surface area contributed by atoms with E-state index in [1.54, 1.807) is 18.0 Å². The third kappa shape index (κ3) is 1.79. The molecule has 2 nitrogen and oxygen atoms in total. The van der Waals surface area contributed by atoms with Crippen molar-refractivity contribution >= 4 is 28.8 Å². The standard InChI is InChI=1S/C8H10ClNOS/c1-3-10(2)8(11)7-6(9)4-5-12-7/h4-5H,3H2,1-2H3. The summed E-state index contributed by atoms with van der Waals surface area (Å²) in [4.78, 5) is 13.8. The molecule has 0 N–H and O–H groups in total. The first kappa shape index (κ1) is 9.55. The van der Waals surface area contributed by atoms with E-state index in [0.717, 1.165) is 0 Å². The van der Waals surface area contributed by atoms with E-state index >= 15 is 0 Å². The lowest BCUT2D eigenvalue weighted by Gasteiger charge is -2.12. The van der Waals surface area contributed by atoms with Crippen LogP contribution in [0.5, 0.6) is 0 Å². The van der Waals surface area contributed by atoms with Gasteiger partial charge in [-0.05, 0) is 18.4 Å². The Labute approximate surface area is 80.8 Å². The van der Waals surface area contributed by atoms with E-state index in [1.165, 1.54) is 11.3 Å². The lowest BCUT2D eigenvalue weighted by atomic mass is 10.4. The van der Waals surface area contributed by atoms with Crippen molar-refractivity contribution in [2.24, 2.45) is 0 Å². The maximum absolute atomic E-state index is 11.5. The van der Waals surface area contributed by atoms with Gasteiger partial charge in [-0.1, -0.05) is 11.6 Å². The number of rotatable bonds is 2. The monoisotopic (exact) mass is 203 g/mol. The zero-order valence-electron chi connectivity index (χ0n) is 7.00. The molecule has 0 aromatic carbocycles. The third-order valence-electron chi connectivity index (χ3n) is 1.63. The van der Waals surface area contributed by atoms with Crippen molar-refractivity contribution in [3.8, 4) is 0 Å². The molecule has 12 heavy (non-hydrogen) atoms. The fourth-order valence-electron chi connectivity index (χ4n) is 0.763. The summed E-state index contributed by atoms with van der Waals surface area (Å²) in [5, 5.41) is 2.37. The Hall–Kier alpha value is -0.540. The fraction of sp³-hybridized carbons (Fsp3) is 0.375. The number of amides is 1. The van der Waals surface area contributed by atoms with Gasteiger partial charge in [-0.3, -0.25) is 4.79 Å². The van der Waals surface area contributed by atoms with Crippen LogP contribution in [0.1, 0.15) is 16.6 Å². The minimum atomic E-state index is -0.00231. The predicted molar refractivity (Wildman–Crippen MR) is 52.0 cm³/mol. The first-order chi connectivity index (χ1) is 5.66. The van der Waals surface area contributed by atoms with Crippen LogP contribution in [-0.4, -0.2) is 24.4 Å². The molecule has 66 valence electrons. The van der Waals surface area contributed by atoms with E-state index in [0.29, 0.717) is 16.4 Å². The zero-order chi connectivity index (χ0) is 9.14. The van der Waals surface area contributed by atoms with Crippen LogP contribution in [0.4, 0.5) is 0 Å². The number of carbonyl (C=O) groups is 1. The quantitative estimate of drug-likeness (QED) is 0.723. The zero-order valence-corrected chi connectivity index (χ0v) is 8.58. The van der Waals surface area contributed by atoms with Crippen LogP contribution in [-0.2, 0) is 0 Å². The largest absolute Gasteiger partial charge is 0.341 e. The van der Waals surface area contributed by atoms with Crippen molar-refractivity contribution in [2.45, 2.75) is 6.92 Å². The first-order valence-corrected chi connectivity index (χ1v) is 4.91. The molecule has 0 radical (unpaired) electrons. The van der Waals surface area contributed by atoms with Gasteiger partial charge in [0, 0.05) is 13.6 Å². The Bertz CT molecular complexity index is 284. The summed E-state index contributed by atoms with van der Waals surface area (Å²) in [6.45, 7) is 2.63. The van der Waals surface area contributed by atoms with Crippen LogP contribution in [0.3, 0.4) is 0 Å². The molecule has 0 bridgehead atoms. The van der Waals surface area contributed by atoms with E-state index < -0.39 is 0 Å². The lowest BCUT2D eigenvalue weighted by molar-refractivity contribution is 0.0807. The fourth-order valence-corrected chi connectivity index (χ4v) is 1.89. The molecule has 0 fully saturated rings. The molecule has 0 saturated carbocycles. The number of carbonyl (C=O) groups excluding carboxylic acids is 1. The average molecular weight is 204 g/mol. The van der Waals surface area contributed by atoms with Crippen molar-refractivity contribution in [1.82, 2.24) is 4.90 Å². The van der Waals surface area contributed by atoms with Gasteiger partial charge in [-0.15, -0.1) is 11.3 Å². The summed E-state index contributed by atoms with van der Waals surface area (Å²) in [7, 11) is 1.76. The number of halogens is 1. The maximum atomic E-state index is 11.5. The lowest BCUT2D eigenvalue weighted by Crippen LogP contribution is -2.25. The Morgan fingerprint density at radius 3 is 2.83 bits per heavy atom. The topological polar surface area (TPSA) is 20.3 Å². The van der Waals surface area contributed by atoms with Crippen LogP contribution in [0, 0.1) is 0 Å². The maximum Gasteiger partial charge on any atom is 0.265 e. The van der Waals surface area contributed by atoms with E-state index in [-0.39, 0.29) is 5.91 Å². The van der Waals surface area contributed by atoms with E-state index in [4.69, 9.17) is 11.6 Å². The van der Waals surface area contributed by atoms with Crippen molar-refractivity contribution in [1.29, 1.82) is 0 Å². The highest BCUT2D eigenvalue weighted by Gasteiger charge is 2.14. The Kier molecular flexibility index (Phi) is 3.12. The summed E-state index contributed by atoms with van der Waals surface area (Å²) < 4.78 is 0. The smallest absolute Gasteiger partial charge is 0.265 e. The first-order valence-electron chi connectivity index (χ1n) is 3.65. The molecular formula is C8H10ClNOS. The molecule has 4 heteroatoms. The summed E-state index contributed by atoms with van der Waals surface area (Å²) in [5.41, 5.74) is 0. The third-order valence-corrected chi connectivity index (χ3v) is 2.96. The summed E-state index contributed by atoms with van der Waals surface area (Å²) in [6.07, 6.45) is 0. The van der Waals surface area contributed by atoms with Gasteiger partial charge in [0.1, 0.15) is 4.88 Å². The van der Waals surface area contributed by atoms with E-state index in [2.05, 4.69) is 0 Å². The molecule has 1 heterocycles. The van der Waals surface area contributed by atoms with Crippen LogP contribution in [0.25, 0.3) is 0 Å². The molecule has 0 saturated heterocycles. The number of thiophene rings is 1. The van der Waals surface area contributed by atoms with Gasteiger partial charge in [-0.2, -0.15) is 0 Å². The highest BCUT2D eigenvalue weighted by Crippen LogP contribution is 2.22. The van der Waals surface area contributed by atoms with Crippen molar-refractivity contribution in [3.05, 3.63) is 21.3 Å². The molecule has 0 aliphatic carbocycles. The van der Waals surface area contributed by atoms with Gasteiger partial charge in [0.2, 0.25) is 0 Å². The number of hydrogen-bond acceptors (Lipinski definition) is 2. The molecule has 1 aromatic heterocycles. The molecule has 1 amide bonds. The molecule has 1 rings (SSSR count). The molecular weight excluding hydrogens is 194 g/mol. The van der Waals surface area contributed by atoms with Crippen LogP contribution in [0.15, 0.2) is 11.4 Å². The van der Waals surface area contributed by atoms with Crippen molar-refractivity contribution in [3.63, 3.8) is 0 Å².